The number of amides is 1. The van der Waals surface area contributed by atoms with Gasteiger partial charge in [-0.2, -0.15) is 0 Å². The van der Waals surface area contributed by atoms with Crippen molar-refractivity contribution in [2.24, 2.45) is 0 Å². The number of hydrogen-bond donors (Lipinski definition) is 2. The number of rotatable bonds is 7. The predicted octanol–water partition coefficient (Wildman–Crippen LogP) is 2.94. The number of benzene rings is 1. The van der Waals surface area contributed by atoms with Gasteiger partial charge in [0.05, 0.1) is 10.6 Å². The first-order valence-corrected chi connectivity index (χ1v) is 6.65. The van der Waals surface area contributed by atoms with Crippen LogP contribution in [0.25, 0.3) is 0 Å². The van der Waals surface area contributed by atoms with E-state index in [1.165, 1.54) is 18.2 Å². The smallest absolute Gasteiger partial charge is 0.303 e. The van der Waals surface area contributed by atoms with Crippen LogP contribution in [0.4, 0.5) is 11.4 Å². The quantitative estimate of drug-likeness (QED) is 0.449. The van der Waals surface area contributed by atoms with E-state index in [1.807, 2.05) is 0 Å². The van der Waals surface area contributed by atoms with E-state index in [-0.39, 0.29) is 24.4 Å². The number of carboxylic acids is 1. The molecule has 8 heteroatoms. The average Bonchev–Trinajstić information content (AvgIpc) is 2.37. The molecule has 0 radical (unpaired) electrons. The monoisotopic (exact) mass is 344 g/mol. The van der Waals surface area contributed by atoms with Gasteiger partial charge in [0.2, 0.25) is 5.91 Å². The topological polar surface area (TPSA) is 110 Å². The van der Waals surface area contributed by atoms with Gasteiger partial charge in [0.25, 0.3) is 5.69 Å². The molecule has 0 unspecified atom stereocenters. The van der Waals surface area contributed by atoms with Crippen molar-refractivity contribution < 1.29 is 19.6 Å². The molecule has 0 aliphatic rings. The fourth-order valence-corrected chi connectivity index (χ4v) is 1.84. The van der Waals surface area contributed by atoms with Crippen LogP contribution in [0.3, 0.4) is 0 Å². The number of carbonyl (C=O) groups is 2. The molecule has 0 aliphatic carbocycles. The molecule has 7 nitrogen and oxygen atoms in total. The summed E-state index contributed by atoms with van der Waals surface area (Å²) in [5.41, 5.74) is 0.205. The molecular formula is C12H13BrN2O5. The van der Waals surface area contributed by atoms with Crippen molar-refractivity contribution in [2.45, 2.75) is 25.7 Å². The molecule has 0 aliphatic heterocycles. The Morgan fingerprint density at radius 3 is 2.55 bits per heavy atom. The summed E-state index contributed by atoms with van der Waals surface area (Å²) in [6.07, 6.45) is 1.06. The summed E-state index contributed by atoms with van der Waals surface area (Å²) in [5, 5.41) is 21.7. The van der Waals surface area contributed by atoms with Crippen LogP contribution in [0, 0.1) is 10.1 Å². The molecule has 1 rings (SSSR count). The molecule has 1 amide bonds. The zero-order valence-electron chi connectivity index (χ0n) is 10.5. The first-order valence-electron chi connectivity index (χ1n) is 5.85. The Morgan fingerprint density at radius 1 is 1.30 bits per heavy atom. The number of hydrogen-bond acceptors (Lipinski definition) is 4. The highest BCUT2D eigenvalue weighted by molar-refractivity contribution is 9.10. The van der Waals surface area contributed by atoms with Gasteiger partial charge in [-0.15, -0.1) is 0 Å². The largest absolute Gasteiger partial charge is 0.481 e. The summed E-state index contributed by atoms with van der Waals surface area (Å²) < 4.78 is 0.544. The van der Waals surface area contributed by atoms with Gasteiger partial charge in [-0.25, -0.2) is 0 Å². The van der Waals surface area contributed by atoms with E-state index >= 15 is 0 Å². The number of nitro benzene ring substituents is 1. The second-order valence-electron chi connectivity index (χ2n) is 4.07. The number of aliphatic carboxylic acids is 1. The first-order chi connectivity index (χ1) is 9.40. The van der Waals surface area contributed by atoms with Gasteiger partial charge in [-0.3, -0.25) is 19.7 Å². The molecule has 0 spiro atoms. The lowest BCUT2D eigenvalue weighted by Crippen LogP contribution is -2.12. The molecule has 0 heterocycles. The van der Waals surface area contributed by atoms with Gasteiger partial charge < -0.3 is 10.4 Å². The number of non-ortho nitro benzene ring substituents is 1. The first kappa shape index (κ1) is 16.1. The highest BCUT2D eigenvalue weighted by Gasteiger charge is 2.11. The number of nitrogens with zero attached hydrogens (tertiary/aromatic N) is 1. The second-order valence-corrected chi connectivity index (χ2v) is 4.92. The molecule has 1 aromatic carbocycles. The van der Waals surface area contributed by atoms with Crippen LogP contribution in [-0.2, 0) is 9.59 Å². The maximum absolute atomic E-state index is 11.6. The van der Waals surface area contributed by atoms with Crippen LogP contribution < -0.4 is 5.32 Å². The van der Waals surface area contributed by atoms with E-state index < -0.39 is 10.9 Å². The molecule has 1 aromatic rings. The van der Waals surface area contributed by atoms with E-state index in [4.69, 9.17) is 5.11 Å². The van der Waals surface area contributed by atoms with Crippen LogP contribution in [-0.4, -0.2) is 21.9 Å². The molecule has 0 saturated carbocycles. The average molecular weight is 345 g/mol. The summed E-state index contributed by atoms with van der Waals surface area (Å²) in [6.45, 7) is 0. The summed E-state index contributed by atoms with van der Waals surface area (Å²) in [6, 6.07) is 4.07. The molecule has 108 valence electrons. The molecule has 0 saturated heterocycles. The van der Waals surface area contributed by atoms with E-state index in [9.17, 15) is 19.7 Å². The number of nitrogens with one attached hydrogen (secondary N) is 1. The van der Waals surface area contributed by atoms with Gasteiger partial charge >= 0.3 is 5.97 Å². The fourth-order valence-electron chi connectivity index (χ4n) is 1.50. The molecule has 0 fully saturated rings. The zero-order valence-corrected chi connectivity index (χ0v) is 12.1. The molecule has 0 aromatic heterocycles. The number of halogens is 1. The van der Waals surface area contributed by atoms with Gasteiger partial charge in [0.1, 0.15) is 0 Å². The predicted molar refractivity (Wildman–Crippen MR) is 75.5 cm³/mol. The normalized spacial score (nSPS) is 10.1. The van der Waals surface area contributed by atoms with E-state index in [0.29, 0.717) is 23.0 Å². The standard InChI is InChI=1S/C12H13BrN2O5/c13-9-6-5-8(15(19)20)7-10(9)14-11(16)3-1-2-4-12(17)18/h5-7H,1-4H2,(H,14,16)(H,17,18). The Kier molecular flexibility index (Phi) is 6.10. The van der Waals surface area contributed by atoms with Gasteiger partial charge in [-0.1, -0.05) is 0 Å². The number of carboxylic acid groups (broad SMARTS) is 1. The maximum atomic E-state index is 11.6. The fraction of sp³-hybridized carbons (Fsp3) is 0.333. The van der Waals surface area contributed by atoms with Crippen LogP contribution in [0.15, 0.2) is 22.7 Å². The van der Waals surface area contributed by atoms with Crippen LogP contribution >= 0.6 is 15.9 Å². The van der Waals surface area contributed by atoms with E-state index in [1.54, 1.807) is 0 Å². The number of carbonyl (C=O) groups excluding carboxylic acids is 1. The van der Waals surface area contributed by atoms with E-state index in [0.717, 1.165) is 0 Å². The maximum Gasteiger partial charge on any atom is 0.303 e. The molecule has 2 N–H and O–H groups in total. The lowest BCUT2D eigenvalue weighted by molar-refractivity contribution is -0.384. The lowest BCUT2D eigenvalue weighted by Gasteiger charge is -2.07. The lowest BCUT2D eigenvalue weighted by atomic mass is 10.2. The van der Waals surface area contributed by atoms with Crippen molar-refractivity contribution in [1.29, 1.82) is 0 Å². The summed E-state index contributed by atoms with van der Waals surface area (Å²) in [4.78, 5) is 32.1. The highest BCUT2D eigenvalue weighted by atomic mass is 79.9. The van der Waals surface area contributed by atoms with Crippen molar-refractivity contribution >= 4 is 39.2 Å². The Balaban J connectivity index is 2.55. The third-order valence-corrected chi connectivity index (χ3v) is 3.17. The van der Waals surface area contributed by atoms with Gasteiger partial charge in [0.15, 0.2) is 0 Å². The minimum Gasteiger partial charge on any atom is -0.481 e. The number of unbranched alkanes of at least 4 members (excludes halogenated alkanes) is 1. The third-order valence-electron chi connectivity index (χ3n) is 2.48. The van der Waals surface area contributed by atoms with Crippen molar-refractivity contribution in [3.8, 4) is 0 Å². The van der Waals surface area contributed by atoms with Crippen molar-refractivity contribution in [3.05, 3.63) is 32.8 Å². The summed E-state index contributed by atoms with van der Waals surface area (Å²) in [5.74, 6) is -1.21. The van der Waals surface area contributed by atoms with Crippen molar-refractivity contribution in [2.75, 3.05) is 5.32 Å². The minimum absolute atomic E-state index is 0.0216. The highest BCUT2D eigenvalue weighted by Crippen LogP contribution is 2.27. The van der Waals surface area contributed by atoms with Crippen LogP contribution in [0.1, 0.15) is 25.7 Å². The minimum atomic E-state index is -0.896. The summed E-state index contributed by atoms with van der Waals surface area (Å²) >= 11 is 3.19. The number of nitro groups is 1. The Labute approximate surface area is 123 Å². The second kappa shape index (κ2) is 7.59. The van der Waals surface area contributed by atoms with Crippen molar-refractivity contribution in [3.63, 3.8) is 0 Å². The Bertz CT molecular complexity index is 533. The number of anilines is 1. The molecular weight excluding hydrogens is 332 g/mol. The molecule has 20 heavy (non-hydrogen) atoms. The zero-order chi connectivity index (χ0) is 15.1. The Morgan fingerprint density at radius 2 is 1.95 bits per heavy atom. The van der Waals surface area contributed by atoms with Gasteiger partial charge in [-0.05, 0) is 34.8 Å². The third kappa shape index (κ3) is 5.35. The SMILES string of the molecule is O=C(O)CCCCC(=O)Nc1cc([N+](=O)[O-])ccc1Br. The van der Waals surface area contributed by atoms with Gasteiger partial charge in [0, 0.05) is 29.4 Å². The van der Waals surface area contributed by atoms with E-state index in [2.05, 4.69) is 21.2 Å². The van der Waals surface area contributed by atoms with Crippen LogP contribution in [0.5, 0.6) is 0 Å². The summed E-state index contributed by atoms with van der Waals surface area (Å²) in [7, 11) is 0. The van der Waals surface area contributed by atoms with Crippen molar-refractivity contribution in [1.82, 2.24) is 0 Å². The molecule has 0 atom stereocenters. The van der Waals surface area contributed by atoms with Crippen LogP contribution in [0.2, 0.25) is 0 Å². The Hall–Kier alpha value is -1.96. The molecule has 0 bridgehead atoms.